The van der Waals surface area contributed by atoms with E-state index < -0.39 is 0 Å². The summed E-state index contributed by atoms with van der Waals surface area (Å²) in [6.45, 7) is 1.94. The lowest BCUT2D eigenvalue weighted by Crippen LogP contribution is -2.06. The second kappa shape index (κ2) is 5.52. The number of imidazole rings is 1. The number of benzene rings is 1. The van der Waals surface area contributed by atoms with Crippen molar-refractivity contribution in [3.8, 4) is 5.69 Å². The number of hydrogen-bond donors (Lipinski definition) is 0. The summed E-state index contributed by atoms with van der Waals surface area (Å²) in [4.78, 5) is 4.67. The van der Waals surface area contributed by atoms with Crippen LogP contribution in [0.5, 0.6) is 0 Å². The van der Waals surface area contributed by atoms with Crippen molar-refractivity contribution in [1.29, 1.82) is 0 Å². The van der Waals surface area contributed by atoms with E-state index in [2.05, 4.69) is 10.1 Å². The molecule has 0 fully saturated rings. The Morgan fingerprint density at radius 1 is 1.14 bits per heavy atom. The van der Waals surface area contributed by atoms with Crippen LogP contribution in [0.4, 0.5) is 0 Å². The van der Waals surface area contributed by atoms with Gasteiger partial charge in [-0.25, -0.2) is 9.67 Å². The molecule has 0 saturated heterocycles. The molecule has 2 aromatic heterocycles. The normalized spacial score (nSPS) is 11.5. The molecule has 2 heterocycles. The molecule has 21 heavy (non-hydrogen) atoms. The van der Waals surface area contributed by atoms with E-state index in [-0.39, 0.29) is 0 Å². The molecule has 7 heteroatoms. The van der Waals surface area contributed by atoms with Crippen molar-refractivity contribution in [3.05, 3.63) is 39.8 Å². The van der Waals surface area contributed by atoms with Crippen LogP contribution in [0.3, 0.4) is 0 Å². The Hall–Kier alpha value is -1.23. The van der Waals surface area contributed by atoms with Crippen LogP contribution in [-0.4, -0.2) is 25.2 Å². The summed E-state index contributed by atoms with van der Waals surface area (Å²) < 4.78 is 3.82. The summed E-state index contributed by atoms with van der Waals surface area (Å²) in [5, 5.41) is 5.57. The van der Waals surface area contributed by atoms with E-state index in [0.29, 0.717) is 22.3 Å². The van der Waals surface area contributed by atoms with Crippen LogP contribution in [0.2, 0.25) is 10.0 Å². The van der Waals surface area contributed by atoms with Gasteiger partial charge in [-0.05, 0) is 25.1 Å². The fourth-order valence-corrected chi connectivity index (χ4v) is 3.19. The highest BCUT2D eigenvalue weighted by molar-refractivity contribution is 6.34. The van der Waals surface area contributed by atoms with Gasteiger partial charge >= 0.3 is 0 Å². The largest absolute Gasteiger partial charge is 0.281 e. The van der Waals surface area contributed by atoms with Crippen LogP contribution >= 0.6 is 34.8 Å². The molecule has 0 amide bonds. The van der Waals surface area contributed by atoms with Crippen molar-refractivity contribution in [2.45, 2.75) is 13.3 Å². The van der Waals surface area contributed by atoms with Crippen molar-refractivity contribution < 1.29 is 0 Å². The predicted molar refractivity (Wildman–Crippen MR) is 87.0 cm³/mol. The molecule has 0 saturated carbocycles. The van der Waals surface area contributed by atoms with Crippen molar-refractivity contribution in [2.75, 3.05) is 5.88 Å². The molecular formula is C14H13Cl3N4. The van der Waals surface area contributed by atoms with Gasteiger partial charge in [0.1, 0.15) is 11.3 Å². The van der Waals surface area contributed by atoms with Crippen LogP contribution in [0.1, 0.15) is 11.5 Å². The summed E-state index contributed by atoms with van der Waals surface area (Å²) in [5.74, 6) is 1.36. The van der Waals surface area contributed by atoms with Gasteiger partial charge in [0.15, 0.2) is 5.65 Å². The smallest absolute Gasteiger partial charge is 0.163 e. The number of hydrogen-bond acceptors (Lipinski definition) is 2. The molecule has 0 aliphatic carbocycles. The zero-order chi connectivity index (χ0) is 15.1. The maximum absolute atomic E-state index is 6.13. The number of rotatable bonds is 3. The molecule has 0 unspecified atom stereocenters. The van der Waals surface area contributed by atoms with E-state index in [0.717, 1.165) is 28.4 Å². The van der Waals surface area contributed by atoms with Crippen LogP contribution in [0, 0.1) is 6.92 Å². The first-order valence-corrected chi connectivity index (χ1v) is 7.73. The molecule has 4 nitrogen and oxygen atoms in total. The summed E-state index contributed by atoms with van der Waals surface area (Å²) in [6, 6.07) is 5.42. The second-order valence-corrected chi connectivity index (χ2v) is 6.06. The zero-order valence-electron chi connectivity index (χ0n) is 11.6. The van der Waals surface area contributed by atoms with Crippen LogP contribution in [0.25, 0.3) is 16.9 Å². The number of nitrogens with zero attached hydrogens (tertiary/aromatic N) is 4. The average Bonchev–Trinajstić information content (AvgIpc) is 2.88. The molecule has 0 N–H and O–H groups in total. The lowest BCUT2D eigenvalue weighted by Gasteiger charge is -2.10. The molecule has 0 spiro atoms. The highest BCUT2D eigenvalue weighted by atomic mass is 35.5. The maximum atomic E-state index is 6.13. The number of fused-ring (bicyclic) bond motifs is 1. The van der Waals surface area contributed by atoms with E-state index in [1.54, 1.807) is 6.07 Å². The van der Waals surface area contributed by atoms with E-state index in [9.17, 15) is 0 Å². The molecule has 0 atom stereocenters. The number of alkyl halides is 1. The van der Waals surface area contributed by atoms with Gasteiger partial charge in [0, 0.05) is 29.4 Å². The van der Waals surface area contributed by atoms with Gasteiger partial charge in [-0.1, -0.05) is 23.2 Å². The van der Waals surface area contributed by atoms with E-state index in [1.807, 2.05) is 35.4 Å². The first-order chi connectivity index (χ1) is 10.0. The summed E-state index contributed by atoms with van der Waals surface area (Å²) in [6.07, 6.45) is 0.653. The van der Waals surface area contributed by atoms with Gasteiger partial charge in [-0.2, -0.15) is 5.10 Å². The fourth-order valence-electron chi connectivity index (χ4n) is 2.51. The molecule has 3 rings (SSSR count). The van der Waals surface area contributed by atoms with Crippen LogP contribution < -0.4 is 0 Å². The molecule has 0 bridgehead atoms. The van der Waals surface area contributed by atoms with Crippen molar-refractivity contribution in [2.24, 2.45) is 7.05 Å². The summed E-state index contributed by atoms with van der Waals surface area (Å²) in [5.41, 5.74) is 3.52. The first kappa shape index (κ1) is 14.7. The molecule has 3 aromatic rings. The third-order valence-corrected chi connectivity index (χ3v) is 3.92. The van der Waals surface area contributed by atoms with Crippen LogP contribution in [-0.2, 0) is 13.5 Å². The van der Waals surface area contributed by atoms with Crippen molar-refractivity contribution in [3.63, 3.8) is 0 Å². The molecule has 1 aromatic carbocycles. The van der Waals surface area contributed by atoms with Crippen molar-refractivity contribution in [1.82, 2.24) is 19.3 Å². The predicted octanol–water partition coefficient (Wildman–Crippen LogP) is 4.16. The average molecular weight is 344 g/mol. The fraction of sp³-hybridized carbons (Fsp3) is 0.286. The lowest BCUT2D eigenvalue weighted by atomic mass is 10.3. The topological polar surface area (TPSA) is 35.6 Å². The highest BCUT2D eigenvalue weighted by Gasteiger charge is 2.18. The third kappa shape index (κ3) is 2.52. The van der Waals surface area contributed by atoms with Gasteiger partial charge in [-0.15, -0.1) is 11.6 Å². The second-order valence-electron chi connectivity index (χ2n) is 4.81. The minimum atomic E-state index is 0.490. The quantitative estimate of drug-likeness (QED) is 0.670. The number of aromatic nitrogens is 4. The first-order valence-electron chi connectivity index (χ1n) is 6.44. The Balaban J connectivity index is 2.35. The Kier molecular flexibility index (Phi) is 3.86. The van der Waals surface area contributed by atoms with Gasteiger partial charge < -0.3 is 0 Å². The minimum absolute atomic E-state index is 0.490. The SMILES string of the molecule is Cc1nn(C)c2c1nc(CCCl)n2-c1cc(Cl)cc(Cl)c1. The standard InChI is InChI=1S/C14H13Cl3N4/c1-8-13-14(20(2)19-8)21(12(18-13)3-4-15)11-6-9(16)5-10(17)7-11/h5-7H,3-4H2,1-2H3. The van der Waals surface area contributed by atoms with E-state index in [1.165, 1.54) is 0 Å². The maximum Gasteiger partial charge on any atom is 0.163 e. The Morgan fingerprint density at radius 3 is 2.43 bits per heavy atom. The Morgan fingerprint density at radius 2 is 1.81 bits per heavy atom. The number of aryl methyl sites for hydroxylation is 3. The Labute approximate surface area is 137 Å². The minimum Gasteiger partial charge on any atom is -0.281 e. The van der Waals surface area contributed by atoms with Gasteiger partial charge in [-0.3, -0.25) is 4.57 Å². The molecular weight excluding hydrogens is 331 g/mol. The lowest BCUT2D eigenvalue weighted by molar-refractivity contribution is 0.751. The molecule has 0 aliphatic heterocycles. The highest BCUT2D eigenvalue weighted by Crippen LogP contribution is 2.28. The van der Waals surface area contributed by atoms with E-state index >= 15 is 0 Å². The monoisotopic (exact) mass is 342 g/mol. The summed E-state index contributed by atoms with van der Waals surface area (Å²) in [7, 11) is 1.89. The van der Waals surface area contributed by atoms with Gasteiger partial charge in [0.05, 0.1) is 11.4 Å². The van der Waals surface area contributed by atoms with Gasteiger partial charge in [0.2, 0.25) is 0 Å². The number of halogens is 3. The van der Waals surface area contributed by atoms with Crippen LogP contribution in [0.15, 0.2) is 18.2 Å². The Bertz CT molecular complexity index is 799. The van der Waals surface area contributed by atoms with Gasteiger partial charge in [0.25, 0.3) is 0 Å². The third-order valence-electron chi connectivity index (χ3n) is 3.30. The zero-order valence-corrected chi connectivity index (χ0v) is 13.8. The molecule has 110 valence electrons. The van der Waals surface area contributed by atoms with Crippen molar-refractivity contribution >= 4 is 46.0 Å². The van der Waals surface area contributed by atoms with E-state index in [4.69, 9.17) is 34.8 Å². The molecule has 0 radical (unpaired) electrons. The molecule has 0 aliphatic rings. The summed E-state index contributed by atoms with van der Waals surface area (Å²) >= 11 is 18.2.